The molecule has 0 aliphatic rings. The first-order valence-electron chi connectivity index (χ1n) is 27.1. The molecule has 372 valence electrons. The van der Waals surface area contributed by atoms with Gasteiger partial charge >= 0.3 is 17.9 Å². The molecule has 6 heteroatoms. The molecule has 0 N–H and O–H groups in total. The molecule has 65 heavy (non-hydrogen) atoms. The largest absolute Gasteiger partial charge is 0.462 e. The van der Waals surface area contributed by atoms with Gasteiger partial charge in [-0.1, -0.05) is 202 Å². The van der Waals surface area contributed by atoms with E-state index in [1.165, 1.54) is 77.0 Å². The number of esters is 3. The van der Waals surface area contributed by atoms with Crippen molar-refractivity contribution in [3.05, 3.63) is 85.1 Å². The predicted molar refractivity (Wildman–Crippen MR) is 279 cm³/mol. The van der Waals surface area contributed by atoms with E-state index in [0.717, 1.165) is 135 Å². The Morgan fingerprint density at radius 2 is 0.600 bits per heavy atom. The summed E-state index contributed by atoms with van der Waals surface area (Å²) in [7, 11) is 0. The van der Waals surface area contributed by atoms with Crippen molar-refractivity contribution in [2.24, 2.45) is 0 Å². The quantitative estimate of drug-likeness (QED) is 0.0262. The van der Waals surface area contributed by atoms with Gasteiger partial charge in [0.1, 0.15) is 13.2 Å². The molecule has 0 amide bonds. The summed E-state index contributed by atoms with van der Waals surface area (Å²) < 4.78 is 16.8. The molecule has 0 rings (SSSR count). The van der Waals surface area contributed by atoms with Gasteiger partial charge in [0.25, 0.3) is 0 Å². The van der Waals surface area contributed by atoms with Crippen LogP contribution in [0.15, 0.2) is 85.1 Å². The van der Waals surface area contributed by atoms with Gasteiger partial charge in [0.05, 0.1) is 0 Å². The molecule has 0 saturated heterocycles. The van der Waals surface area contributed by atoms with E-state index >= 15 is 0 Å². The fourth-order valence-electron chi connectivity index (χ4n) is 7.28. The second-order valence-corrected chi connectivity index (χ2v) is 17.7. The molecule has 6 nitrogen and oxygen atoms in total. The highest BCUT2D eigenvalue weighted by atomic mass is 16.6. The molecule has 0 fully saturated rings. The summed E-state index contributed by atoms with van der Waals surface area (Å²) in [6.07, 6.45) is 68.5. The first-order chi connectivity index (χ1) is 32.0. The standard InChI is InChI=1S/C59H100O6/c1-4-7-10-13-16-19-22-25-28-29-32-34-37-40-43-46-49-52-58(61)64-55-56(65-59(62)53-50-47-44-41-38-35-31-27-24-21-18-15-12-9-6-3)54-63-57(60)51-48-45-42-39-36-33-30-26-23-20-17-14-11-8-5-2/h8,11,16-17,19-20,25-28,30-32,34,56H,4-7,9-10,12-15,18,21-24,29,33,35-55H2,1-3H3/b11-8-,19-16-,20-17-,28-25-,30-26-,31-27-,34-32-/t56-/m1/s1. The van der Waals surface area contributed by atoms with Crippen molar-refractivity contribution in [2.45, 2.75) is 258 Å². The maximum atomic E-state index is 12.8. The fourth-order valence-corrected chi connectivity index (χ4v) is 7.28. The lowest BCUT2D eigenvalue weighted by Gasteiger charge is -2.18. The summed E-state index contributed by atoms with van der Waals surface area (Å²) >= 11 is 0. The Labute approximate surface area is 401 Å². The fraction of sp³-hybridized carbons (Fsp3) is 0.712. The Morgan fingerprint density at radius 3 is 0.985 bits per heavy atom. The number of hydrogen-bond acceptors (Lipinski definition) is 6. The zero-order valence-corrected chi connectivity index (χ0v) is 42.5. The van der Waals surface area contributed by atoms with Crippen molar-refractivity contribution in [2.75, 3.05) is 13.2 Å². The van der Waals surface area contributed by atoms with Gasteiger partial charge in [0.2, 0.25) is 0 Å². The lowest BCUT2D eigenvalue weighted by Crippen LogP contribution is -2.30. The van der Waals surface area contributed by atoms with Crippen molar-refractivity contribution < 1.29 is 28.6 Å². The molecule has 1 atom stereocenters. The molecule has 0 bridgehead atoms. The van der Waals surface area contributed by atoms with Gasteiger partial charge in [-0.25, -0.2) is 0 Å². The second-order valence-electron chi connectivity index (χ2n) is 17.7. The maximum Gasteiger partial charge on any atom is 0.306 e. The van der Waals surface area contributed by atoms with Crippen molar-refractivity contribution in [1.82, 2.24) is 0 Å². The van der Waals surface area contributed by atoms with E-state index in [9.17, 15) is 14.4 Å². The van der Waals surface area contributed by atoms with Crippen LogP contribution in [-0.2, 0) is 28.6 Å². The van der Waals surface area contributed by atoms with Crippen molar-refractivity contribution in [1.29, 1.82) is 0 Å². The van der Waals surface area contributed by atoms with Crippen LogP contribution < -0.4 is 0 Å². The van der Waals surface area contributed by atoms with E-state index in [1.54, 1.807) is 0 Å². The molecule has 0 saturated carbocycles. The third-order valence-corrected chi connectivity index (χ3v) is 11.4. The van der Waals surface area contributed by atoms with E-state index in [2.05, 4.69) is 106 Å². The van der Waals surface area contributed by atoms with Crippen LogP contribution in [0.2, 0.25) is 0 Å². The zero-order valence-electron chi connectivity index (χ0n) is 42.5. The second kappa shape index (κ2) is 53.2. The molecule has 0 aliphatic carbocycles. The van der Waals surface area contributed by atoms with E-state index in [4.69, 9.17) is 14.2 Å². The van der Waals surface area contributed by atoms with Gasteiger partial charge < -0.3 is 14.2 Å². The van der Waals surface area contributed by atoms with Crippen LogP contribution in [0.5, 0.6) is 0 Å². The SMILES string of the molecule is CC/C=C\C/C=C\C/C=C\CCCCCCCC(=O)OC[C@H](COC(=O)CCCCCC/C=C\C/C=C\C/C=C\CCCCC)OC(=O)CCCCCCC/C=C\CCCCCCCC. The Balaban J connectivity index is 4.47. The van der Waals surface area contributed by atoms with Gasteiger partial charge in [-0.3, -0.25) is 14.4 Å². The monoisotopic (exact) mass is 905 g/mol. The van der Waals surface area contributed by atoms with Crippen LogP contribution in [0, 0.1) is 0 Å². The number of rotatable bonds is 48. The molecule has 0 aromatic heterocycles. The Morgan fingerprint density at radius 1 is 0.323 bits per heavy atom. The van der Waals surface area contributed by atoms with E-state index in [1.807, 2.05) is 0 Å². The van der Waals surface area contributed by atoms with Crippen LogP contribution in [-0.4, -0.2) is 37.2 Å². The van der Waals surface area contributed by atoms with E-state index in [0.29, 0.717) is 19.3 Å². The normalized spacial score (nSPS) is 12.7. The summed E-state index contributed by atoms with van der Waals surface area (Å²) in [5.41, 5.74) is 0. The highest BCUT2D eigenvalue weighted by Crippen LogP contribution is 2.14. The Hall–Kier alpha value is -3.41. The van der Waals surface area contributed by atoms with Gasteiger partial charge in [0.15, 0.2) is 6.10 Å². The van der Waals surface area contributed by atoms with Crippen molar-refractivity contribution in [3.8, 4) is 0 Å². The number of unbranched alkanes of at least 4 members (excludes halogenated alkanes) is 23. The number of carbonyl (C=O) groups is 3. The Bertz CT molecular complexity index is 1270. The summed E-state index contributed by atoms with van der Waals surface area (Å²) in [6, 6.07) is 0. The number of ether oxygens (including phenoxy) is 3. The lowest BCUT2D eigenvalue weighted by atomic mass is 10.1. The average Bonchev–Trinajstić information content (AvgIpc) is 3.30. The molecular weight excluding hydrogens is 805 g/mol. The van der Waals surface area contributed by atoms with Gasteiger partial charge in [-0.15, -0.1) is 0 Å². The van der Waals surface area contributed by atoms with Crippen LogP contribution >= 0.6 is 0 Å². The molecule has 0 aromatic carbocycles. The average molecular weight is 905 g/mol. The topological polar surface area (TPSA) is 78.9 Å². The van der Waals surface area contributed by atoms with Crippen molar-refractivity contribution in [3.63, 3.8) is 0 Å². The van der Waals surface area contributed by atoms with E-state index in [-0.39, 0.29) is 31.1 Å². The smallest absolute Gasteiger partial charge is 0.306 e. The summed E-state index contributed by atoms with van der Waals surface area (Å²) in [4.78, 5) is 38.1. The lowest BCUT2D eigenvalue weighted by molar-refractivity contribution is -0.167. The summed E-state index contributed by atoms with van der Waals surface area (Å²) in [5.74, 6) is -0.941. The predicted octanol–water partition coefficient (Wildman–Crippen LogP) is 18.0. The summed E-state index contributed by atoms with van der Waals surface area (Å²) in [6.45, 7) is 6.45. The van der Waals surface area contributed by atoms with Crippen LogP contribution in [0.1, 0.15) is 252 Å². The van der Waals surface area contributed by atoms with Gasteiger partial charge in [-0.2, -0.15) is 0 Å². The first kappa shape index (κ1) is 61.6. The minimum atomic E-state index is -0.798. The third-order valence-electron chi connectivity index (χ3n) is 11.4. The number of hydrogen-bond donors (Lipinski definition) is 0. The number of carbonyl (C=O) groups excluding carboxylic acids is 3. The molecule has 0 aromatic rings. The molecule has 0 aliphatic heterocycles. The third kappa shape index (κ3) is 51.4. The minimum Gasteiger partial charge on any atom is -0.462 e. The first-order valence-corrected chi connectivity index (χ1v) is 27.1. The van der Waals surface area contributed by atoms with E-state index < -0.39 is 6.10 Å². The Kier molecular flexibility index (Phi) is 50.4. The molecular formula is C59H100O6. The summed E-state index contributed by atoms with van der Waals surface area (Å²) in [5, 5.41) is 0. The van der Waals surface area contributed by atoms with Gasteiger partial charge in [-0.05, 0) is 116 Å². The molecule has 0 heterocycles. The van der Waals surface area contributed by atoms with Gasteiger partial charge in [0, 0.05) is 19.3 Å². The molecule has 0 unspecified atom stereocenters. The van der Waals surface area contributed by atoms with Crippen LogP contribution in [0.25, 0.3) is 0 Å². The highest BCUT2D eigenvalue weighted by molar-refractivity contribution is 5.71. The highest BCUT2D eigenvalue weighted by Gasteiger charge is 2.19. The van der Waals surface area contributed by atoms with Crippen LogP contribution in [0.4, 0.5) is 0 Å². The minimum absolute atomic E-state index is 0.0966. The molecule has 0 radical (unpaired) electrons. The zero-order chi connectivity index (χ0) is 47.2. The maximum absolute atomic E-state index is 12.8. The van der Waals surface area contributed by atoms with Crippen LogP contribution in [0.3, 0.4) is 0 Å². The van der Waals surface area contributed by atoms with Crippen molar-refractivity contribution >= 4 is 17.9 Å². The number of allylic oxidation sites excluding steroid dienone is 14. The molecule has 0 spiro atoms.